The number of amides is 1. The molecule has 0 bridgehead atoms. The van der Waals surface area contributed by atoms with Crippen LogP contribution in [-0.2, 0) is 6.42 Å². The molecule has 0 aliphatic carbocycles. The standard InChI is InChI=1S/C14H13FN2O/c15-13-5-1-4-12(9-13)14(18)17-8-6-11-3-2-7-16-10-11/h1-5,7,9-10H,6,8H2,(H,17,18). The second-order valence-electron chi connectivity index (χ2n) is 3.88. The lowest BCUT2D eigenvalue weighted by Gasteiger charge is -2.05. The summed E-state index contributed by atoms with van der Waals surface area (Å²) in [6.45, 7) is 0.501. The van der Waals surface area contributed by atoms with Crippen molar-refractivity contribution in [3.63, 3.8) is 0 Å². The van der Waals surface area contributed by atoms with E-state index in [1.165, 1.54) is 18.2 Å². The van der Waals surface area contributed by atoms with Crippen LogP contribution in [0, 0.1) is 5.82 Å². The Labute approximate surface area is 105 Å². The Hall–Kier alpha value is -2.23. The first-order chi connectivity index (χ1) is 8.75. The average molecular weight is 244 g/mol. The number of aromatic nitrogens is 1. The molecule has 1 aromatic heterocycles. The third-order valence-corrected chi connectivity index (χ3v) is 2.51. The van der Waals surface area contributed by atoms with Gasteiger partial charge in [0.1, 0.15) is 5.82 Å². The van der Waals surface area contributed by atoms with Gasteiger partial charge >= 0.3 is 0 Å². The third kappa shape index (κ3) is 3.38. The summed E-state index contributed by atoms with van der Waals surface area (Å²) >= 11 is 0. The fourth-order valence-electron chi connectivity index (χ4n) is 1.60. The Balaban J connectivity index is 1.86. The molecule has 18 heavy (non-hydrogen) atoms. The molecule has 2 aromatic rings. The molecular formula is C14H13FN2O. The van der Waals surface area contributed by atoms with Gasteiger partial charge in [0.05, 0.1) is 0 Å². The molecule has 1 amide bonds. The molecule has 1 aromatic carbocycles. The van der Waals surface area contributed by atoms with E-state index in [2.05, 4.69) is 10.3 Å². The van der Waals surface area contributed by atoms with Gasteiger partial charge in [0.25, 0.3) is 5.91 Å². The van der Waals surface area contributed by atoms with Gasteiger partial charge in [-0.25, -0.2) is 4.39 Å². The predicted molar refractivity (Wildman–Crippen MR) is 66.7 cm³/mol. The zero-order valence-electron chi connectivity index (χ0n) is 9.77. The molecule has 1 N–H and O–H groups in total. The molecular weight excluding hydrogens is 231 g/mol. The largest absolute Gasteiger partial charge is 0.352 e. The van der Waals surface area contributed by atoms with Crippen LogP contribution in [0.2, 0.25) is 0 Å². The Kier molecular flexibility index (Phi) is 4.02. The van der Waals surface area contributed by atoms with Gasteiger partial charge in [-0.2, -0.15) is 0 Å². The molecule has 2 rings (SSSR count). The summed E-state index contributed by atoms with van der Waals surface area (Å²) in [5, 5.41) is 2.74. The van der Waals surface area contributed by atoms with E-state index in [-0.39, 0.29) is 5.91 Å². The first kappa shape index (κ1) is 12.2. The monoisotopic (exact) mass is 244 g/mol. The number of hydrogen-bond acceptors (Lipinski definition) is 2. The van der Waals surface area contributed by atoms with Crippen molar-refractivity contribution < 1.29 is 9.18 Å². The molecule has 0 saturated carbocycles. The molecule has 1 heterocycles. The highest BCUT2D eigenvalue weighted by atomic mass is 19.1. The zero-order chi connectivity index (χ0) is 12.8. The van der Waals surface area contributed by atoms with Gasteiger partial charge in [-0.3, -0.25) is 9.78 Å². The smallest absolute Gasteiger partial charge is 0.251 e. The number of halogens is 1. The van der Waals surface area contributed by atoms with E-state index < -0.39 is 5.82 Å². The van der Waals surface area contributed by atoms with Gasteiger partial charge in [-0.05, 0) is 36.2 Å². The quantitative estimate of drug-likeness (QED) is 0.895. The summed E-state index contributed by atoms with van der Waals surface area (Å²) in [6.07, 6.45) is 4.16. The Morgan fingerprint density at radius 3 is 2.89 bits per heavy atom. The van der Waals surface area contributed by atoms with E-state index in [1.54, 1.807) is 18.5 Å². The SMILES string of the molecule is O=C(NCCc1cccnc1)c1cccc(F)c1. The minimum Gasteiger partial charge on any atom is -0.352 e. The van der Waals surface area contributed by atoms with Crippen LogP contribution in [0.25, 0.3) is 0 Å². The van der Waals surface area contributed by atoms with Crippen LogP contribution in [0.3, 0.4) is 0 Å². The van der Waals surface area contributed by atoms with Crippen molar-refractivity contribution in [2.45, 2.75) is 6.42 Å². The van der Waals surface area contributed by atoms with Crippen molar-refractivity contribution in [1.82, 2.24) is 10.3 Å². The first-order valence-electron chi connectivity index (χ1n) is 5.68. The predicted octanol–water partition coefficient (Wildman–Crippen LogP) is 2.19. The summed E-state index contributed by atoms with van der Waals surface area (Å²) in [7, 11) is 0. The van der Waals surface area contributed by atoms with Crippen molar-refractivity contribution in [2.24, 2.45) is 0 Å². The zero-order valence-corrected chi connectivity index (χ0v) is 9.77. The molecule has 4 heteroatoms. The molecule has 0 unspecified atom stereocenters. The average Bonchev–Trinajstić information content (AvgIpc) is 2.40. The van der Waals surface area contributed by atoms with Gasteiger partial charge in [0.15, 0.2) is 0 Å². The summed E-state index contributed by atoms with van der Waals surface area (Å²) in [4.78, 5) is 15.7. The van der Waals surface area contributed by atoms with Gasteiger partial charge in [0, 0.05) is 24.5 Å². The van der Waals surface area contributed by atoms with Crippen LogP contribution >= 0.6 is 0 Å². The van der Waals surface area contributed by atoms with Crippen LogP contribution in [0.15, 0.2) is 48.8 Å². The highest BCUT2D eigenvalue weighted by Gasteiger charge is 2.05. The number of nitrogens with one attached hydrogen (secondary N) is 1. The van der Waals surface area contributed by atoms with E-state index in [0.717, 1.165) is 5.56 Å². The highest BCUT2D eigenvalue weighted by Crippen LogP contribution is 2.03. The van der Waals surface area contributed by atoms with Crippen LogP contribution in [0.4, 0.5) is 4.39 Å². The van der Waals surface area contributed by atoms with E-state index in [0.29, 0.717) is 18.5 Å². The molecule has 0 fully saturated rings. The third-order valence-electron chi connectivity index (χ3n) is 2.51. The van der Waals surface area contributed by atoms with Crippen molar-refractivity contribution in [2.75, 3.05) is 6.54 Å². The number of pyridine rings is 1. The number of carbonyl (C=O) groups is 1. The fourth-order valence-corrected chi connectivity index (χ4v) is 1.60. The summed E-state index contributed by atoms with van der Waals surface area (Å²) in [5.41, 5.74) is 1.39. The molecule has 0 atom stereocenters. The second-order valence-corrected chi connectivity index (χ2v) is 3.88. The van der Waals surface area contributed by atoms with E-state index in [1.807, 2.05) is 12.1 Å². The topological polar surface area (TPSA) is 42.0 Å². The maximum absolute atomic E-state index is 12.9. The highest BCUT2D eigenvalue weighted by molar-refractivity contribution is 5.94. The number of benzene rings is 1. The van der Waals surface area contributed by atoms with E-state index in [9.17, 15) is 9.18 Å². The number of rotatable bonds is 4. The second kappa shape index (κ2) is 5.91. The maximum Gasteiger partial charge on any atom is 0.251 e. The lowest BCUT2D eigenvalue weighted by atomic mass is 10.2. The molecule has 0 saturated heterocycles. The Morgan fingerprint density at radius 2 is 2.17 bits per heavy atom. The minimum atomic E-state index is -0.407. The normalized spacial score (nSPS) is 10.1. The van der Waals surface area contributed by atoms with Gasteiger partial charge in [-0.1, -0.05) is 12.1 Å². The molecule has 0 aliphatic heterocycles. The van der Waals surface area contributed by atoms with Gasteiger partial charge in [-0.15, -0.1) is 0 Å². The first-order valence-corrected chi connectivity index (χ1v) is 5.68. The molecule has 0 radical (unpaired) electrons. The fraction of sp³-hybridized carbons (Fsp3) is 0.143. The minimum absolute atomic E-state index is 0.265. The lowest BCUT2D eigenvalue weighted by Crippen LogP contribution is -2.25. The van der Waals surface area contributed by atoms with E-state index in [4.69, 9.17) is 0 Å². The van der Waals surface area contributed by atoms with Crippen LogP contribution in [-0.4, -0.2) is 17.4 Å². The summed E-state index contributed by atoms with van der Waals surface area (Å²) in [6, 6.07) is 9.44. The van der Waals surface area contributed by atoms with Crippen LogP contribution in [0.1, 0.15) is 15.9 Å². The Bertz CT molecular complexity index is 528. The van der Waals surface area contributed by atoms with Gasteiger partial charge < -0.3 is 5.32 Å². The number of carbonyl (C=O) groups excluding carboxylic acids is 1. The molecule has 0 aliphatic rings. The van der Waals surface area contributed by atoms with Crippen molar-refractivity contribution in [3.05, 3.63) is 65.7 Å². The maximum atomic E-state index is 12.9. The molecule has 0 spiro atoms. The van der Waals surface area contributed by atoms with Gasteiger partial charge in [0.2, 0.25) is 0 Å². The van der Waals surface area contributed by atoms with Crippen LogP contribution < -0.4 is 5.32 Å². The van der Waals surface area contributed by atoms with E-state index >= 15 is 0 Å². The molecule has 92 valence electrons. The van der Waals surface area contributed by atoms with Crippen molar-refractivity contribution in [3.8, 4) is 0 Å². The summed E-state index contributed by atoms with van der Waals surface area (Å²) < 4.78 is 12.9. The number of hydrogen-bond donors (Lipinski definition) is 1. The summed E-state index contributed by atoms with van der Waals surface area (Å²) in [5.74, 6) is -0.673. The van der Waals surface area contributed by atoms with Crippen LogP contribution in [0.5, 0.6) is 0 Å². The number of nitrogens with zero attached hydrogens (tertiary/aromatic N) is 1. The Morgan fingerprint density at radius 1 is 1.28 bits per heavy atom. The molecule has 3 nitrogen and oxygen atoms in total. The van der Waals surface area contributed by atoms with Crippen molar-refractivity contribution >= 4 is 5.91 Å². The van der Waals surface area contributed by atoms with Crippen molar-refractivity contribution in [1.29, 1.82) is 0 Å². The lowest BCUT2D eigenvalue weighted by molar-refractivity contribution is 0.0953.